The molecule has 1 aromatic rings. The molecule has 1 amide bonds. The summed E-state index contributed by atoms with van der Waals surface area (Å²) in [6, 6.07) is 2.71. The van der Waals surface area contributed by atoms with Gasteiger partial charge in [-0.05, 0) is 35.7 Å². The van der Waals surface area contributed by atoms with Crippen LogP contribution in [0.4, 0.5) is 5.82 Å². The van der Waals surface area contributed by atoms with Gasteiger partial charge in [-0.15, -0.1) is 11.6 Å². The molecule has 0 aromatic carbocycles. The Bertz CT molecular complexity index is 489. The maximum absolute atomic E-state index is 11.9. The van der Waals surface area contributed by atoms with Crippen LogP contribution in [0, 0.1) is 22.0 Å². The van der Waals surface area contributed by atoms with E-state index >= 15 is 0 Å². The Morgan fingerprint density at radius 1 is 1.40 bits per heavy atom. The van der Waals surface area contributed by atoms with Crippen LogP contribution in [-0.2, 0) is 0 Å². The number of alkyl halides is 1. The predicted octanol–water partition coefficient (Wildman–Crippen LogP) is 2.70. The Hall–Kier alpha value is -1.56. The van der Waals surface area contributed by atoms with Crippen molar-refractivity contribution in [3.63, 3.8) is 0 Å². The lowest BCUT2D eigenvalue weighted by Gasteiger charge is -2.30. The highest BCUT2D eigenvalue weighted by Crippen LogP contribution is 2.30. The van der Waals surface area contributed by atoms with Gasteiger partial charge in [-0.1, -0.05) is 12.8 Å². The van der Waals surface area contributed by atoms with Crippen molar-refractivity contribution in [1.82, 2.24) is 10.3 Å². The summed E-state index contributed by atoms with van der Waals surface area (Å²) >= 11 is 5.95. The Labute approximate surface area is 122 Å². The predicted molar refractivity (Wildman–Crippen MR) is 75.9 cm³/mol. The Morgan fingerprint density at radius 3 is 2.70 bits per heavy atom. The fourth-order valence-electron chi connectivity index (χ4n) is 2.70. The van der Waals surface area contributed by atoms with E-state index < -0.39 is 4.92 Å². The van der Waals surface area contributed by atoms with Crippen LogP contribution >= 0.6 is 11.6 Å². The number of nitro groups is 1. The molecule has 2 N–H and O–H groups in total. The monoisotopic (exact) mass is 299 g/mol. The molecule has 2 unspecified atom stereocenters. The first-order valence-electron chi connectivity index (χ1n) is 6.79. The molecular weight excluding hydrogens is 282 g/mol. The molecule has 1 saturated carbocycles. The number of aromatic nitrogens is 1. The van der Waals surface area contributed by atoms with Gasteiger partial charge in [-0.3, -0.25) is 4.79 Å². The van der Waals surface area contributed by atoms with Crippen molar-refractivity contribution < 1.29 is 9.72 Å². The van der Waals surface area contributed by atoms with Crippen LogP contribution in [-0.4, -0.2) is 28.2 Å². The molecule has 0 saturated heterocycles. The minimum Gasteiger partial charge on any atom is -0.358 e. The number of rotatable bonds is 5. The molecule has 0 aliphatic heterocycles. The minimum absolute atomic E-state index is 0.175. The number of amides is 1. The van der Waals surface area contributed by atoms with Gasteiger partial charge in [0.2, 0.25) is 0 Å². The number of hydrogen-bond donors (Lipinski definition) is 2. The summed E-state index contributed by atoms with van der Waals surface area (Å²) in [4.78, 5) is 24.4. The average molecular weight is 300 g/mol. The highest BCUT2D eigenvalue weighted by molar-refractivity contribution is 6.18. The van der Waals surface area contributed by atoms with E-state index in [0.29, 0.717) is 24.3 Å². The first kappa shape index (κ1) is 14.8. The van der Waals surface area contributed by atoms with Crippen LogP contribution < -0.4 is 5.32 Å². The smallest absolute Gasteiger partial charge is 0.321 e. The molecule has 1 fully saturated rings. The van der Waals surface area contributed by atoms with Crippen molar-refractivity contribution in [2.75, 3.05) is 12.4 Å². The van der Waals surface area contributed by atoms with E-state index in [1.807, 2.05) is 0 Å². The largest absolute Gasteiger partial charge is 0.358 e. The molecule has 1 aliphatic rings. The van der Waals surface area contributed by atoms with Gasteiger partial charge in [0.25, 0.3) is 5.91 Å². The molecule has 1 aliphatic carbocycles. The zero-order chi connectivity index (χ0) is 14.5. The van der Waals surface area contributed by atoms with Crippen LogP contribution in [0.2, 0.25) is 0 Å². The fourth-order valence-corrected chi connectivity index (χ4v) is 3.10. The van der Waals surface area contributed by atoms with E-state index in [-0.39, 0.29) is 17.4 Å². The lowest BCUT2D eigenvalue weighted by atomic mass is 9.80. The molecular formula is C13H18ClN3O3. The van der Waals surface area contributed by atoms with Crippen LogP contribution in [0.25, 0.3) is 0 Å². The number of aromatic amines is 1. The molecule has 2 atom stereocenters. The van der Waals surface area contributed by atoms with Crippen molar-refractivity contribution in [3.8, 4) is 0 Å². The maximum atomic E-state index is 11.9. The summed E-state index contributed by atoms with van der Waals surface area (Å²) < 4.78 is 0. The van der Waals surface area contributed by atoms with Gasteiger partial charge in [0.05, 0.1) is 0 Å². The first-order chi connectivity index (χ1) is 9.61. The molecule has 0 spiro atoms. The Kier molecular flexibility index (Phi) is 5.00. The van der Waals surface area contributed by atoms with E-state index in [4.69, 9.17) is 11.6 Å². The Morgan fingerprint density at radius 2 is 2.10 bits per heavy atom. The molecule has 1 aromatic heterocycles. The highest BCUT2D eigenvalue weighted by atomic mass is 35.5. The van der Waals surface area contributed by atoms with Gasteiger partial charge < -0.3 is 15.4 Å². The molecule has 2 rings (SSSR count). The molecule has 6 nitrogen and oxygen atoms in total. The fraction of sp³-hybridized carbons (Fsp3) is 0.615. The second-order valence-corrected chi connectivity index (χ2v) is 5.49. The number of carbonyl (C=O) groups excluding carboxylic acids is 1. The number of carbonyl (C=O) groups is 1. The van der Waals surface area contributed by atoms with E-state index in [1.54, 1.807) is 0 Å². The zero-order valence-electron chi connectivity index (χ0n) is 11.1. The normalized spacial score (nSPS) is 22.4. The van der Waals surface area contributed by atoms with E-state index in [2.05, 4.69) is 10.3 Å². The third-order valence-corrected chi connectivity index (χ3v) is 4.30. The second kappa shape index (κ2) is 6.74. The third-order valence-electron chi connectivity index (χ3n) is 3.90. The lowest BCUT2D eigenvalue weighted by molar-refractivity contribution is -0.389. The summed E-state index contributed by atoms with van der Waals surface area (Å²) in [6.45, 7) is 0.572. The summed E-state index contributed by atoms with van der Waals surface area (Å²) in [5.74, 6) is 0.983. The SMILES string of the molecule is O=C(NCC1CCCCC1CCl)c1ccc([N+](=O)[O-])[nH]1. The quantitative estimate of drug-likeness (QED) is 0.498. The lowest BCUT2D eigenvalue weighted by Crippen LogP contribution is -2.35. The van der Waals surface area contributed by atoms with Crippen LogP contribution in [0.15, 0.2) is 12.1 Å². The summed E-state index contributed by atoms with van der Waals surface area (Å²) in [6.07, 6.45) is 4.55. The van der Waals surface area contributed by atoms with Gasteiger partial charge in [-0.25, -0.2) is 4.98 Å². The van der Waals surface area contributed by atoms with Gasteiger partial charge >= 0.3 is 5.82 Å². The van der Waals surface area contributed by atoms with Crippen LogP contribution in [0.5, 0.6) is 0 Å². The first-order valence-corrected chi connectivity index (χ1v) is 7.33. The summed E-state index contributed by atoms with van der Waals surface area (Å²) in [7, 11) is 0. The van der Waals surface area contributed by atoms with Crippen molar-refractivity contribution in [2.24, 2.45) is 11.8 Å². The van der Waals surface area contributed by atoms with Crippen molar-refractivity contribution in [2.45, 2.75) is 25.7 Å². The van der Waals surface area contributed by atoms with Crippen LogP contribution in [0.3, 0.4) is 0 Å². The molecule has 7 heteroatoms. The van der Waals surface area contributed by atoms with Crippen molar-refractivity contribution in [1.29, 1.82) is 0 Å². The molecule has 1 heterocycles. The van der Waals surface area contributed by atoms with Crippen molar-refractivity contribution in [3.05, 3.63) is 27.9 Å². The third kappa shape index (κ3) is 3.50. The maximum Gasteiger partial charge on any atom is 0.321 e. The number of nitrogens with one attached hydrogen (secondary N) is 2. The molecule has 0 bridgehead atoms. The van der Waals surface area contributed by atoms with Crippen LogP contribution in [0.1, 0.15) is 36.2 Å². The van der Waals surface area contributed by atoms with Gasteiger partial charge in [0.1, 0.15) is 0 Å². The number of hydrogen-bond acceptors (Lipinski definition) is 3. The molecule has 20 heavy (non-hydrogen) atoms. The van der Waals surface area contributed by atoms with Gasteiger partial charge in [-0.2, -0.15) is 0 Å². The molecule has 0 radical (unpaired) electrons. The summed E-state index contributed by atoms with van der Waals surface area (Å²) in [5.41, 5.74) is 0.218. The van der Waals surface area contributed by atoms with E-state index in [1.165, 1.54) is 25.0 Å². The zero-order valence-corrected chi connectivity index (χ0v) is 11.9. The van der Waals surface area contributed by atoms with E-state index in [0.717, 1.165) is 12.8 Å². The Balaban J connectivity index is 1.89. The number of nitrogens with zero attached hydrogens (tertiary/aromatic N) is 1. The van der Waals surface area contributed by atoms with Gasteiger partial charge in [0.15, 0.2) is 5.69 Å². The number of H-pyrrole nitrogens is 1. The topological polar surface area (TPSA) is 88.0 Å². The van der Waals surface area contributed by atoms with E-state index in [9.17, 15) is 14.9 Å². The standard InChI is InChI=1S/C13H18ClN3O3/c14-7-9-3-1-2-4-10(9)8-15-13(18)11-5-6-12(16-11)17(19)20/h5-6,9-10,16H,1-4,7-8H2,(H,15,18). The minimum atomic E-state index is -0.554. The summed E-state index contributed by atoms with van der Waals surface area (Å²) in [5, 5.41) is 13.4. The average Bonchev–Trinajstić information content (AvgIpc) is 2.95. The van der Waals surface area contributed by atoms with Gasteiger partial charge in [0, 0.05) is 18.5 Å². The molecule has 110 valence electrons. The second-order valence-electron chi connectivity index (χ2n) is 5.18. The highest BCUT2D eigenvalue weighted by Gasteiger charge is 2.25. The van der Waals surface area contributed by atoms with Crippen molar-refractivity contribution >= 4 is 23.3 Å². The number of halogens is 1.